The van der Waals surface area contributed by atoms with Crippen molar-refractivity contribution in [2.75, 3.05) is 20.1 Å². The number of carbonyl (C=O) groups is 1. The third-order valence-electron chi connectivity index (χ3n) is 5.67. The van der Waals surface area contributed by atoms with Crippen LogP contribution in [0.4, 0.5) is 4.79 Å². The standard InChI is InChI=1S/C24H27N3O3/c1-16-4-8-18(9-5-16)21-22(19-10-6-17(2)7-11-19)30-23(25-21)20-12-14-27(15-13-20)24(28)26(3)29/h4-11,20,29H,12-15H2,1-3H3. The zero-order chi connectivity index (χ0) is 21.3. The van der Waals surface area contributed by atoms with Crippen LogP contribution in [0.25, 0.3) is 22.6 Å². The first kappa shape index (κ1) is 20.2. The summed E-state index contributed by atoms with van der Waals surface area (Å²) in [5, 5.41) is 10.0. The van der Waals surface area contributed by atoms with Gasteiger partial charge in [-0.2, -0.15) is 0 Å². The van der Waals surface area contributed by atoms with Crippen molar-refractivity contribution in [3.8, 4) is 22.6 Å². The van der Waals surface area contributed by atoms with E-state index in [1.54, 1.807) is 4.90 Å². The van der Waals surface area contributed by atoms with Gasteiger partial charge in [0.1, 0.15) is 5.69 Å². The Bertz CT molecular complexity index is 952. The number of hydroxylamine groups is 2. The molecule has 4 rings (SSSR count). The van der Waals surface area contributed by atoms with Crippen LogP contribution in [0.1, 0.15) is 35.8 Å². The van der Waals surface area contributed by atoms with Crippen molar-refractivity contribution < 1.29 is 14.4 Å². The molecule has 2 amide bonds. The Hall–Kier alpha value is -3.12. The Morgan fingerprint density at radius 1 is 1.00 bits per heavy atom. The molecule has 0 atom stereocenters. The van der Waals surface area contributed by atoms with Crippen LogP contribution >= 0.6 is 0 Å². The summed E-state index contributed by atoms with van der Waals surface area (Å²) in [7, 11) is 1.35. The number of likely N-dealkylation sites (tertiary alicyclic amines) is 1. The van der Waals surface area contributed by atoms with Crippen molar-refractivity contribution in [3.63, 3.8) is 0 Å². The van der Waals surface area contributed by atoms with E-state index in [0.29, 0.717) is 24.0 Å². The van der Waals surface area contributed by atoms with Crippen molar-refractivity contribution in [1.82, 2.24) is 14.9 Å². The fourth-order valence-corrected chi connectivity index (χ4v) is 3.84. The Kier molecular flexibility index (Phi) is 5.59. The highest BCUT2D eigenvalue weighted by Crippen LogP contribution is 2.37. The highest BCUT2D eigenvalue weighted by Gasteiger charge is 2.29. The second kappa shape index (κ2) is 8.32. The van der Waals surface area contributed by atoms with Gasteiger partial charge >= 0.3 is 6.03 Å². The maximum absolute atomic E-state index is 12.0. The molecule has 0 unspecified atom stereocenters. The van der Waals surface area contributed by atoms with Gasteiger partial charge in [0, 0.05) is 37.2 Å². The number of aromatic nitrogens is 1. The number of benzene rings is 2. The SMILES string of the molecule is Cc1ccc(-c2nc(C3CCN(C(=O)N(C)O)CC3)oc2-c2ccc(C)cc2)cc1. The van der Waals surface area contributed by atoms with E-state index in [4.69, 9.17) is 9.40 Å². The molecule has 6 heteroatoms. The molecule has 1 aliphatic rings. The van der Waals surface area contributed by atoms with Crippen molar-refractivity contribution >= 4 is 6.03 Å². The zero-order valence-corrected chi connectivity index (χ0v) is 17.6. The van der Waals surface area contributed by atoms with Gasteiger partial charge in [0.2, 0.25) is 0 Å². The van der Waals surface area contributed by atoms with Crippen molar-refractivity contribution in [2.24, 2.45) is 0 Å². The van der Waals surface area contributed by atoms with Gasteiger partial charge in [-0.1, -0.05) is 59.7 Å². The Balaban J connectivity index is 1.65. The normalized spacial score (nSPS) is 14.7. The maximum atomic E-state index is 12.0. The smallest absolute Gasteiger partial charge is 0.343 e. The van der Waals surface area contributed by atoms with Gasteiger partial charge in [0.15, 0.2) is 11.7 Å². The third kappa shape index (κ3) is 4.09. The number of rotatable bonds is 3. The molecule has 0 bridgehead atoms. The van der Waals surface area contributed by atoms with Gasteiger partial charge in [-0.25, -0.2) is 14.8 Å². The number of aryl methyl sites for hydroxylation is 2. The second-order valence-corrected chi connectivity index (χ2v) is 8.03. The number of piperidine rings is 1. The Morgan fingerprint density at radius 2 is 1.53 bits per heavy atom. The van der Waals surface area contributed by atoms with Crippen LogP contribution in [-0.4, -0.2) is 46.3 Å². The summed E-state index contributed by atoms with van der Waals surface area (Å²) in [5.41, 5.74) is 5.28. The first-order chi connectivity index (χ1) is 14.4. The summed E-state index contributed by atoms with van der Waals surface area (Å²) in [6, 6.07) is 16.2. The summed E-state index contributed by atoms with van der Waals surface area (Å²) in [6.45, 7) is 5.26. The van der Waals surface area contributed by atoms with Gasteiger partial charge in [0.05, 0.1) is 0 Å². The van der Waals surface area contributed by atoms with Crippen molar-refractivity contribution in [2.45, 2.75) is 32.6 Å². The van der Waals surface area contributed by atoms with Crippen LogP contribution in [0.2, 0.25) is 0 Å². The minimum absolute atomic E-state index is 0.140. The number of oxazole rings is 1. The molecule has 1 saturated heterocycles. The Labute approximate surface area is 176 Å². The van der Waals surface area contributed by atoms with E-state index in [2.05, 4.69) is 62.4 Å². The molecule has 156 valence electrons. The number of hydrogen-bond acceptors (Lipinski definition) is 4. The lowest BCUT2D eigenvalue weighted by molar-refractivity contribution is -0.0358. The Morgan fingerprint density at radius 3 is 2.07 bits per heavy atom. The third-order valence-corrected chi connectivity index (χ3v) is 5.67. The van der Waals surface area contributed by atoms with E-state index >= 15 is 0 Å². The number of amides is 2. The summed E-state index contributed by atoms with van der Waals surface area (Å²) >= 11 is 0. The fraction of sp³-hybridized carbons (Fsp3) is 0.333. The minimum Gasteiger partial charge on any atom is -0.440 e. The quantitative estimate of drug-likeness (QED) is 0.477. The summed E-state index contributed by atoms with van der Waals surface area (Å²) in [5.74, 6) is 1.63. The molecule has 6 nitrogen and oxygen atoms in total. The van der Waals surface area contributed by atoms with E-state index in [1.807, 2.05) is 0 Å². The summed E-state index contributed by atoms with van der Waals surface area (Å²) < 4.78 is 6.33. The van der Waals surface area contributed by atoms with Crippen LogP contribution in [0.3, 0.4) is 0 Å². The molecular formula is C24H27N3O3. The van der Waals surface area contributed by atoms with Crippen LogP contribution in [0, 0.1) is 13.8 Å². The summed E-state index contributed by atoms with van der Waals surface area (Å²) in [6.07, 6.45) is 1.50. The molecule has 0 aliphatic carbocycles. The number of hydrogen-bond donors (Lipinski definition) is 1. The zero-order valence-electron chi connectivity index (χ0n) is 17.6. The fourth-order valence-electron chi connectivity index (χ4n) is 3.84. The molecule has 0 radical (unpaired) electrons. The lowest BCUT2D eigenvalue weighted by atomic mass is 9.97. The molecule has 1 aromatic heterocycles. The molecule has 0 saturated carbocycles. The van der Waals surface area contributed by atoms with E-state index in [1.165, 1.54) is 18.2 Å². The van der Waals surface area contributed by atoms with Gasteiger partial charge in [-0.3, -0.25) is 5.21 Å². The van der Waals surface area contributed by atoms with Crippen LogP contribution in [0.5, 0.6) is 0 Å². The van der Waals surface area contributed by atoms with E-state index in [0.717, 1.165) is 35.4 Å². The van der Waals surface area contributed by atoms with E-state index in [9.17, 15) is 10.0 Å². The lowest BCUT2D eigenvalue weighted by Crippen LogP contribution is -2.43. The van der Waals surface area contributed by atoms with E-state index in [-0.39, 0.29) is 11.9 Å². The van der Waals surface area contributed by atoms with Crippen LogP contribution in [-0.2, 0) is 0 Å². The number of carbonyl (C=O) groups excluding carboxylic acids is 1. The molecule has 30 heavy (non-hydrogen) atoms. The monoisotopic (exact) mass is 405 g/mol. The highest BCUT2D eigenvalue weighted by molar-refractivity contribution is 5.77. The minimum atomic E-state index is -0.374. The first-order valence-electron chi connectivity index (χ1n) is 10.3. The molecule has 2 heterocycles. The molecule has 2 aromatic carbocycles. The molecular weight excluding hydrogens is 378 g/mol. The highest BCUT2D eigenvalue weighted by atomic mass is 16.5. The second-order valence-electron chi connectivity index (χ2n) is 8.03. The topological polar surface area (TPSA) is 69.8 Å². The molecule has 1 N–H and O–H groups in total. The largest absolute Gasteiger partial charge is 0.440 e. The van der Waals surface area contributed by atoms with E-state index < -0.39 is 0 Å². The molecule has 0 spiro atoms. The average Bonchev–Trinajstić information content (AvgIpc) is 3.19. The van der Waals surface area contributed by atoms with Crippen LogP contribution in [0.15, 0.2) is 52.9 Å². The predicted octanol–water partition coefficient (Wildman–Crippen LogP) is 5.25. The van der Waals surface area contributed by atoms with Crippen LogP contribution < -0.4 is 0 Å². The molecule has 1 fully saturated rings. The molecule has 1 aliphatic heterocycles. The van der Waals surface area contributed by atoms with Gasteiger partial charge in [-0.15, -0.1) is 0 Å². The first-order valence-corrected chi connectivity index (χ1v) is 10.3. The average molecular weight is 405 g/mol. The molecule has 3 aromatic rings. The maximum Gasteiger partial charge on any atom is 0.343 e. The van der Waals surface area contributed by atoms with Gasteiger partial charge in [-0.05, 0) is 26.7 Å². The van der Waals surface area contributed by atoms with Crippen molar-refractivity contribution in [1.29, 1.82) is 0 Å². The number of urea groups is 1. The predicted molar refractivity (Wildman–Crippen MR) is 115 cm³/mol. The van der Waals surface area contributed by atoms with Gasteiger partial charge < -0.3 is 9.32 Å². The van der Waals surface area contributed by atoms with Crippen molar-refractivity contribution in [3.05, 3.63) is 65.5 Å². The lowest BCUT2D eigenvalue weighted by Gasteiger charge is -2.31. The number of nitrogens with zero attached hydrogens (tertiary/aromatic N) is 3. The van der Waals surface area contributed by atoms with Gasteiger partial charge in [0.25, 0.3) is 0 Å². The summed E-state index contributed by atoms with van der Waals surface area (Å²) in [4.78, 5) is 18.5.